The van der Waals surface area contributed by atoms with E-state index in [2.05, 4.69) is 16.9 Å². The van der Waals surface area contributed by atoms with Gasteiger partial charge in [0.2, 0.25) is 5.82 Å². The van der Waals surface area contributed by atoms with Crippen LogP contribution in [0.3, 0.4) is 0 Å². The number of nitrogens with zero attached hydrogens (tertiary/aromatic N) is 2. The molecule has 200 valence electrons. The molecule has 0 aliphatic heterocycles. The summed E-state index contributed by atoms with van der Waals surface area (Å²) in [4.78, 5) is 8.26. The standard InChI is InChI=1S/C29H41F3N2O2/c1-2-3-4-8-15-23(30)21-36-26-17-16-25(27(31)28(26)32)29-33-19-24(20-34-29)35-18-11-6-5-7-12-22-13-9-10-14-22/h16-17,19-20,22-23H,2-15,18,21H2,1H3/t23-/m1/s1. The van der Waals surface area contributed by atoms with Crippen molar-refractivity contribution in [1.82, 2.24) is 9.97 Å². The van der Waals surface area contributed by atoms with Gasteiger partial charge >= 0.3 is 0 Å². The summed E-state index contributed by atoms with van der Waals surface area (Å²) in [6.45, 7) is 2.37. The topological polar surface area (TPSA) is 44.2 Å². The molecule has 0 radical (unpaired) electrons. The summed E-state index contributed by atoms with van der Waals surface area (Å²) >= 11 is 0. The Morgan fingerprint density at radius 1 is 0.889 bits per heavy atom. The number of benzene rings is 1. The second-order valence-electron chi connectivity index (χ2n) is 9.94. The van der Waals surface area contributed by atoms with Crippen LogP contribution in [0.1, 0.15) is 96.8 Å². The summed E-state index contributed by atoms with van der Waals surface area (Å²) in [6, 6.07) is 2.64. The van der Waals surface area contributed by atoms with Gasteiger partial charge in [-0.15, -0.1) is 0 Å². The van der Waals surface area contributed by atoms with Crippen LogP contribution in [0.2, 0.25) is 0 Å². The first kappa shape index (κ1) is 28.3. The van der Waals surface area contributed by atoms with Crippen molar-refractivity contribution in [3.05, 3.63) is 36.2 Å². The Labute approximate surface area is 214 Å². The number of hydrogen-bond donors (Lipinski definition) is 0. The molecule has 36 heavy (non-hydrogen) atoms. The number of aromatic nitrogens is 2. The summed E-state index contributed by atoms with van der Waals surface area (Å²) < 4.78 is 54.0. The molecule has 1 aliphatic rings. The van der Waals surface area contributed by atoms with E-state index < -0.39 is 17.8 Å². The van der Waals surface area contributed by atoms with E-state index in [1.54, 1.807) is 0 Å². The van der Waals surface area contributed by atoms with Crippen LogP contribution in [-0.4, -0.2) is 29.4 Å². The van der Waals surface area contributed by atoms with Gasteiger partial charge in [0.05, 0.1) is 24.6 Å². The van der Waals surface area contributed by atoms with Crippen molar-refractivity contribution in [2.24, 2.45) is 5.92 Å². The normalized spacial score (nSPS) is 14.8. The minimum absolute atomic E-state index is 0.0523. The Morgan fingerprint density at radius 2 is 1.61 bits per heavy atom. The van der Waals surface area contributed by atoms with Crippen LogP contribution >= 0.6 is 0 Å². The van der Waals surface area contributed by atoms with Crippen LogP contribution in [0.4, 0.5) is 13.2 Å². The first-order valence-corrected chi connectivity index (χ1v) is 13.8. The van der Waals surface area contributed by atoms with Gasteiger partial charge < -0.3 is 9.47 Å². The second kappa shape index (κ2) is 15.7. The van der Waals surface area contributed by atoms with Gasteiger partial charge in [-0.25, -0.2) is 18.7 Å². The molecule has 1 heterocycles. The highest BCUT2D eigenvalue weighted by atomic mass is 19.2. The van der Waals surface area contributed by atoms with Gasteiger partial charge in [-0.05, 0) is 30.9 Å². The van der Waals surface area contributed by atoms with Crippen LogP contribution in [0.15, 0.2) is 24.5 Å². The average molecular weight is 507 g/mol. The Bertz CT molecular complexity index is 889. The van der Waals surface area contributed by atoms with E-state index in [4.69, 9.17) is 9.47 Å². The number of unbranched alkanes of at least 4 members (excludes halogenated alkanes) is 6. The zero-order chi connectivity index (χ0) is 25.6. The fraction of sp³-hybridized carbons (Fsp3) is 0.655. The maximum absolute atomic E-state index is 14.6. The molecule has 0 bridgehead atoms. The fourth-order valence-corrected chi connectivity index (χ4v) is 4.78. The SMILES string of the molecule is CCCCCC[C@@H](F)COc1ccc(-c2ncc(OCCCCCCC3CCCC3)cn2)c(F)c1F. The molecule has 0 saturated heterocycles. The van der Waals surface area contributed by atoms with Gasteiger partial charge in [0.25, 0.3) is 0 Å². The lowest BCUT2D eigenvalue weighted by Gasteiger charge is -2.12. The fourth-order valence-electron chi connectivity index (χ4n) is 4.78. The number of rotatable bonds is 17. The van der Waals surface area contributed by atoms with Crippen LogP contribution in [0, 0.1) is 17.6 Å². The van der Waals surface area contributed by atoms with Crippen LogP contribution in [-0.2, 0) is 0 Å². The molecule has 1 aromatic heterocycles. The molecule has 3 rings (SSSR count). The van der Waals surface area contributed by atoms with Gasteiger partial charge in [0, 0.05) is 0 Å². The lowest BCUT2D eigenvalue weighted by Crippen LogP contribution is -2.14. The first-order valence-electron chi connectivity index (χ1n) is 13.8. The predicted octanol–water partition coefficient (Wildman–Crippen LogP) is 8.63. The minimum atomic E-state index is -1.21. The van der Waals surface area contributed by atoms with Crippen LogP contribution in [0.25, 0.3) is 11.4 Å². The van der Waals surface area contributed by atoms with Gasteiger partial charge in [-0.2, -0.15) is 4.39 Å². The number of halogens is 3. The highest BCUT2D eigenvalue weighted by Gasteiger charge is 2.19. The van der Waals surface area contributed by atoms with E-state index in [1.165, 1.54) is 69.5 Å². The monoisotopic (exact) mass is 506 g/mol. The Morgan fingerprint density at radius 3 is 2.36 bits per heavy atom. The van der Waals surface area contributed by atoms with Gasteiger partial charge in [-0.1, -0.05) is 84.0 Å². The molecule has 1 fully saturated rings. The van der Waals surface area contributed by atoms with E-state index >= 15 is 0 Å². The van der Waals surface area contributed by atoms with Gasteiger partial charge in [0.1, 0.15) is 12.8 Å². The third-order valence-electron chi connectivity index (χ3n) is 6.96. The number of alkyl halides is 1. The van der Waals surface area contributed by atoms with Crippen molar-refractivity contribution in [1.29, 1.82) is 0 Å². The summed E-state index contributed by atoms with van der Waals surface area (Å²) in [5, 5.41) is 0. The lowest BCUT2D eigenvalue weighted by atomic mass is 9.99. The highest BCUT2D eigenvalue weighted by Crippen LogP contribution is 2.30. The summed E-state index contributed by atoms with van der Waals surface area (Å²) in [5.41, 5.74) is -0.0787. The van der Waals surface area contributed by atoms with Crippen molar-refractivity contribution in [2.45, 2.75) is 103 Å². The second-order valence-corrected chi connectivity index (χ2v) is 9.94. The zero-order valence-corrected chi connectivity index (χ0v) is 21.6. The third-order valence-corrected chi connectivity index (χ3v) is 6.96. The molecule has 0 spiro atoms. The largest absolute Gasteiger partial charge is 0.490 e. The molecule has 7 heteroatoms. The third kappa shape index (κ3) is 9.29. The molecule has 0 unspecified atom stereocenters. The minimum Gasteiger partial charge on any atom is -0.490 e. The van der Waals surface area contributed by atoms with Gasteiger partial charge in [-0.3, -0.25) is 0 Å². The van der Waals surface area contributed by atoms with E-state index in [-0.39, 0.29) is 23.7 Å². The van der Waals surface area contributed by atoms with Crippen molar-refractivity contribution in [2.75, 3.05) is 13.2 Å². The Hall–Kier alpha value is -2.31. The maximum Gasteiger partial charge on any atom is 0.201 e. The molecule has 1 aliphatic carbocycles. The van der Waals surface area contributed by atoms with E-state index in [0.717, 1.165) is 44.4 Å². The molecule has 4 nitrogen and oxygen atoms in total. The maximum atomic E-state index is 14.6. The molecule has 0 amide bonds. The average Bonchev–Trinajstić information content (AvgIpc) is 3.41. The summed E-state index contributed by atoms with van der Waals surface area (Å²) in [5.74, 6) is -1.09. The highest BCUT2D eigenvalue weighted by molar-refractivity contribution is 5.57. The zero-order valence-electron chi connectivity index (χ0n) is 21.6. The van der Waals surface area contributed by atoms with Crippen molar-refractivity contribution >= 4 is 0 Å². The molecule has 1 aromatic carbocycles. The van der Waals surface area contributed by atoms with E-state index in [1.807, 2.05) is 0 Å². The lowest BCUT2D eigenvalue weighted by molar-refractivity contribution is 0.177. The van der Waals surface area contributed by atoms with Crippen LogP contribution < -0.4 is 9.47 Å². The molecular weight excluding hydrogens is 465 g/mol. The molecule has 1 saturated carbocycles. The first-order chi connectivity index (χ1) is 17.6. The van der Waals surface area contributed by atoms with Crippen molar-refractivity contribution in [3.8, 4) is 22.9 Å². The quantitative estimate of drug-likeness (QED) is 0.201. The Kier molecular flexibility index (Phi) is 12.3. The Balaban J connectivity index is 1.39. The molecular formula is C29H41F3N2O2. The summed E-state index contributed by atoms with van der Waals surface area (Å²) in [7, 11) is 0. The molecule has 1 atom stereocenters. The predicted molar refractivity (Wildman–Crippen MR) is 137 cm³/mol. The smallest absolute Gasteiger partial charge is 0.201 e. The number of ether oxygens (including phenoxy) is 2. The van der Waals surface area contributed by atoms with Gasteiger partial charge in [0.15, 0.2) is 23.1 Å². The van der Waals surface area contributed by atoms with Crippen molar-refractivity contribution < 1.29 is 22.6 Å². The van der Waals surface area contributed by atoms with E-state index in [9.17, 15) is 13.2 Å². The molecule has 0 N–H and O–H groups in total. The van der Waals surface area contributed by atoms with Crippen molar-refractivity contribution in [3.63, 3.8) is 0 Å². The summed E-state index contributed by atoms with van der Waals surface area (Å²) in [6.07, 6.45) is 17.5. The van der Waals surface area contributed by atoms with E-state index in [0.29, 0.717) is 18.8 Å². The molecule has 2 aromatic rings. The van der Waals surface area contributed by atoms with Crippen LogP contribution in [0.5, 0.6) is 11.5 Å². The number of hydrogen-bond acceptors (Lipinski definition) is 4.